The molecule has 0 aliphatic carbocycles. The predicted octanol–water partition coefficient (Wildman–Crippen LogP) is 4.10. The summed E-state index contributed by atoms with van der Waals surface area (Å²) in [5.74, 6) is 0.0332. The molecule has 0 saturated carbocycles. The second kappa shape index (κ2) is 8.32. The van der Waals surface area contributed by atoms with Gasteiger partial charge in [0.05, 0.1) is 12.6 Å². The molecule has 3 nitrogen and oxygen atoms in total. The summed E-state index contributed by atoms with van der Waals surface area (Å²) in [6.07, 6.45) is 0. The van der Waals surface area contributed by atoms with Crippen LogP contribution in [0.2, 0.25) is 5.02 Å². The second-order valence-corrected chi connectivity index (χ2v) is 6.70. The number of amides is 1. The highest BCUT2D eigenvalue weighted by Gasteiger charge is 2.13. The van der Waals surface area contributed by atoms with Gasteiger partial charge < -0.3 is 5.32 Å². The minimum atomic E-state index is -0.0494. The van der Waals surface area contributed by atoms with E-state index in [0.29, 0.717) is 11.6 Å². The molecule has 118 valence electrons. The van der Waals surface area contributed by atoms with Gasteiger partial charge >= 0.3 is 0 Å². The summed E-state index contributed by atoms with van der Waals surface area (Å²) in [7, 11) is 0. The number of carbonyl (C=O) groups excluding carboxylic acids is 1. The van der Waals surface area contributed by atoms with Crippen LogP contribution in [-0.2, 0) is 11.3 Å². The molecule has 0 saturated heterocycles. The first-order valence-corrected chi connectivity index (χ1v) is 8.63. The van der Waals surface area contributed by atoms with Crippen molar-refractivity contribution in [3.63, 3.8) is 0 Å². The van der Waals surface area contributed by atoms with E-state index in [0.717, 1.165) is 18.7 Å². The van der Waals surface area contributed by atoms with E-state index in [1.807, 2.05) is 37.3 Å². The molecule has 0 aliphatic heterocycles. The zero-order chi connectivity index (χ0) is 15.9. The van der Waals surface area contributed by atoms with E-state index in [2.05, 4.69) is 28.6 Å². The Hall–Kier alpha value is -1.36. The number of nitrogens with one attached hydrogen (secondary N) is 1. The highest BCUT2D eigenvalue weighted by atomic mass is 35.5. The average molecular weight is 337 g/mol. The summed E-state index contributed by atoms with van der Waals surface area (Å²) in [5, 5.41) is 5.78. The molecule has 1 unspecified atom stereocenters. The number of halogens is 1. The maximum atomic E-state index is 12.2. The zero-order valence-corrected chi connectivity index (χ0v) is 14.5. The minimum absolute atomic E-state index is 0.0332. The van der Waals surface area contributed by atoms with Gasteiger partial charge in [-0.3, -0.25) is 9.69 Å². The number of benzene rings is 1. The Labute approximate surface area is 140 Å². The van der Waals surface area contributed by atoms with Crippen molar-refractivity contribution >= 4 is 28.8 Å². The Bertz CT molecular complexity index is 600. The summed E-state index contributed by atoms with van der Waals surface area (Å²) < 4.78 is 0. The zero-order valence-electron chi connectivity index (χ0n) is 12.9. The van der Waals surface area contributed by atoms with Crippen molar-refractivity contribution in [1.29, 1.82) is 0 Å². The van der Waals surface area contributed by atoms with E-state index in [4.69, 9.17) is 11.6 Å². The van der Waals surface area contributed by atoms with Crippen molar-refractivity contribution in [2.75, 3.05) is 13.1 Å². The monoisotopic (exact) mass is 336 g/mol. The van der Waals surface area contributed by atoms with Crippen molar-refractivity contribution < 1.29 is 4.79 Å². The van der Waals surface area contributed by atoms with Gasteiger partial charge in [-0.25, -0.2) is 0 Å². The first-order chi connectivity index (χ1) is 10.6. The Morgan fingerprint density at radius 2 is 2.18 bits per heavy atom. The van der Waals surface area contributed by atoms with Gasteiger partial charge in [0.2, 0.25) is 5.91 Å². The topological polar surface area (TPSA) is 32.3 Å². The lowest BCUT2D eigenvalue weighted by atomic mass is 10.1. The number of hydrogen-bond acceptors (Lipinski definition) is 3. The maximum absolute atomic E-state index is 12.2. The number of thiophene rings is 1. The third-order valence-corrected chi connectivity index (χ3v) is 4.60. The van der Waals surface area contributed by atoms with Crippen LogP contribution in [0.15, 0.2) is 41.8 Å². The molecule has 0 radical (unpaired) electrons. The highest BCUT2D eigenvalue weighted by molar-refractivity contribution is 7.09. The SMILES string of the molecule is CCN(CC(=O)NC(C)c1cccc(Cl)c1)Cc1cccs1. The Morgan fingerprint density at radius 3 is 2.82 bits per heavy atom. The summed E-state index contributed by atoms with van der Waals surface area (Å²) in [6.45, 7) is 6.10. The number of carbonyl (C=O) groups is 1. The molecule has 0 spiro atoms. The van der Waals surface area contributed by atoms with Crippen LogP contribution in [0.4, 0.5) is 0 Å². The predicted molar refractivity (Wildman–Crippen MR) is 93.3 cm³/mol. The van der Waals surface area contributed by atoms with Crippen molar-refractivity contribution in [3.8, 4) is 0 Å². The van der Waals surface area contributed by atoms with Gasteiger partial charge in [-0.15, -0.1) is 11.3 Å². The van der Waals surface area contributed by atoms with Gasteiger partial charge in [0.1, 0.15) is 0 Å². The lowest BCUT2D eigenvalue weighted by Crippen LogP contribution is -2.37. The molecule has 1 N–H and O–H groups in total. The number of rotatable bonds is 7. The van der Waals surface area contributed by atoms with Crippen LogP contribution in [0.25, 0.3) is 0 Å². The van der Waals surface area contributed by atoms with Crippen molar-refractivity contribution in [2.45, 2.75) is 26.4 Å². The van der Waals surface area contributed by atoms with E-state index >= 15 is 0 Å². The van der Waals surface area contributed by atoms with E-state index in [-0.39, 0.29) is 11.9 Å². The molecule has 0 fully saturated rings. The fraction of sp³-hybridized carbons (Fsp3) is 0.353. The van der Waals surface area contributed by atoms with Crippen LogP contribution in [-0.4, -0.2) is 23.9 Å². The van der Waals surface area contributed by atoms with Crippen LogP contribution in [0.3, 0.4) is 0 Å². The molecule has 5 heteroatoms. The first kappa shape index (κ1) is 17.0. The quantitative estimate of drug-likeness (QED) is 0.825. The number of nitrogens with zero attached hydrogens (tertiary/aromatic N) is 1. The molecule has 1 aromatic carbocycles. The van der Waals surface area contributed by atoms with Crippen molar-refractivity contribution in [2.24, 2.45) is 0 Å². The molecule has 0 aliphatic rings. The average Bonchev–Trinajstić information content (AvgIpc) is 2.99. The smallest absolute Gasteiger partial charge is 0.234 e. The van der Waals surface area contributed by atoms with Crippen LogP contribution in [0.5, 0.6) is 0 Å². The highest BCUT2D eigenvalue weighted by Crippen LogP contribution is 2.17. The molecule has 1 atom stereocenters. The molecule has 2 aromatic rings. The van der Waals surface area contributed by atoms with Crippen LogP contribution >= 0.6 is 22.9 Å². The van der Waals surface area contributed by atoms with Gasteiger partial charge in [0.25, 0.3) is 0 Å². The van der Waals surface area contributed by atoms with E-state index in [1.54, 1.807) is 11.3 Å². The molecule has 22 heavy (non-hydrogen) atoms. The van der Waals surface area contributed by atoms with E-state index in [9.17, 15) is 4.79 Å². The second-order valence-electron chi connectivity index (χ2n) is 5.23. The van der Waals surface area contributed by atoms with Crippen molar-refractivity contribution in [1.82, 2.24) is 10.2 Å². The Kier molecular flexibility index (Phi) is 6.43. The van der Waals surface area contributed by atoms with Gasteiger partial charge in [-0.05, 0) is 42.6 Å². The molecule has 1 aromatic heterocycles. The summed E-state index contributed by atoms with van der Waals surface area (Å²) in [5.41, 5.74) is 1.02. The fourth-order valence-corrected chi connectivity index (χ4v) is 3.20. The number of likely N-dealkylation sites (N-methyl/N-ethyl adjacent to an activating group) is 1. The fourth-order valence-electron chi connectivity index (χ4n) is 2.25. The third kappa shape index (κ3) is 5.13. The van der Waals surface area contributed by atoms with Gasteiger partial charge in [0.15, 0.2) is 0 Å². The van der Waals surface area contributed by atoms with Gasteiger partial charge in [-0.2, -0.15) is 0 Å². The maximum Gasteiger partial charge on any atom is 0.234 e. The largest absolute Gasteiger partial charge is 0.348 e. The summed E-state index contributed by atoms with van der Waals surface area (Å²) in [6, 6.07) is 11.7. The molecule has 2 rings (SSSR count). The number of hydrogen-bond donors (Lipinski definition) is 1. The third-order valence-electron chi connectivity index (χ3n) is 3.50. The van der Waals surface area contributed by atoms with Crippen molar-refractivity contribution in [3.05, 3.63) is 57.2 Å². The lowest BCUT2D eigenvalue weighted by Gasteiger charge is -2.21. The van der Waals surface area contributed by atoms with Gasteiger partial charge in [0, 0.05) is 16.4 Å². The Morgan fingerprint density at radius 1 is 1.36 bits per heavy atom. The minimum Gasteiger partial charge on any atom is -0.348 e. The molecular formula is C17H21ClN2OS. The van der Waals surface area contributed by atoms with Crippen LogP contribution < -0.4 is 5.32 Å². The molecule has 1 amide bonds. The normalized spacial score (nSPS) is 12.4. The van der Waals surface area contributed by atoms with Crippen LogP contribution in [0.1, 0.15) is 30.3 Å². The molecule has 1 heterocycles. The van der Waals surface area contributed by atoms with E-state index < -0.39 is 0 Å². The first-order valence-electron chi connectivity index (χ1n) is 7.38. The Balaban J connectivity index is 1.88. The van der Waals surface area contributed by atoms with Gasteiger partial charge in [-0.1, -0.05) is 36.7 Å². The standard InChI is InChI=1S/C17H21ClN2OS/c1-3-20(11-16-8-5-9-22-16)12-17(21)19-13(2)14-6-4-7-15(18)10-14/h4-10,13H,3,11-12H2,1-2H3,(H,19,21). The molecule has 0 bridgehead atoms. The molecular weight excluding hydrogens is 316 g/mol. The summed E-state index contributed by atoms with van der Waals surface area (Å²) >= 11 is 7.71. The summed E-state index contributed by atoms with van der Waals surface area (Å²) in [4.78, 5) is 15.6. The lowest BCUT2D eigenvalue weighted by molar-refractivity contribution is -0.123. The van der Waals surface area contributed by atoms with Crippen LogP contribution in [0, 0.1) is 0 Å². The van der Waals surface area contributed by atoms with E-state index in [1.165, 1.54) is 4.88 Å².